The minimum absolute atomic E-state index is 0.0383. The third-order valence-corrected chi connectivity index (χ3v) is 3.92. The van der Waals surface area contributed by atoms with E-state index >= 15 is 0 Å². The van der Waals surface area contributed by atoms with Crippen LogP contribution in [0.1, 0.15) is 5.56 Å². The van der Waals surface area contributed by atoms with E-state index in [4.69, 9.17) is 33.3 Å². The second kappa shape index (κ2) is 6.68. The van der Waals surface area contributed by atoms with Gasteiger partial charge in [0, 0.05) is 15.9 Å². The largest absolute Gasteiger partial charge is 0.489 e. The molecule has 0 atom stereocenters. The molecule has 0 amide bonds. The Hall–Kier alpha value is -1.24. The van der Waals surface area contributed by atoms with Crippen molar-refractivity contribution >= 4 is 39.1 Å². The van der Waals surface area contributed by atoms with Gasteiger partial charge in [-0.05, 0) is 39.7 Å². The molecule has 8 heteroatoms. The van der Waals surface area contributed by atoms with E-state index in [1.807, 2.05) is 0 Å². The van der Waals surface area contributed by atoms with Crippen LogP contribution in [0.25, 0.3) is 0 Å². The quantitative estimate of drug-likeness (QED) is 0.606. The van der Waals surface area contributed by atoms with Gasteiger partial charge in [0.1, 0.15) is 5.82 Å². The van der Waals surface area contributed by atoms with Crippen LogP contribution in [0.5, 0.6) is 5.75 Å². The number of nitrogens with one attached hydrogen (secondary N) is 1. The summed E-state index contributed by atoms with van der Waals surface area (Å²) in [5.74, 6) is -0.372. The Morgan fingerprint density at radius 2 is 2.10 bits per heavy atom. The molecule has 4 nitrogen and oxygen atoms in total. The third-order valence-electron chi connectivity index (χ3n) is 2.73. The number of nitrogens with zero attached hydrogens (tertiary/aromatic N) is 1. The summed E-state index contributed by atoms with van der Waals surface area (Å²) in [6, 6.07) is 4.17. The van der Waals surface area contributed by atoms with Crippen LogP contribution in [0.3, 0.4) is 0 Å². The number of benzene rings is 1. The van der Waals surface area contributed by atoms with Crippen LogP contribution in [0.15, 0.2) is 28.9 Å². The Morgan fingerprint density at radius 3 is 2.81 bits per heavy atom. The van der Waals surface area contributed by atoms with Gasteiger partial charge in [-0.15, -0.1) is 0 Å². The highest BCUT2D eigenvalue weighted by Crippen LogP contribution is 2.27. The van der Waals surface area contributed by atoms with Gasteiger partial charge in [0.15, 0.2) is 5.75 Å². The van der Waals surface area contributed by atoms with Crippen molar-refractivity contribution in [3.8, 4) is 5.75 Å². The van der Waals surface area contributed by atoms with Gasteiger partial charge in [-0.2, -0.15) is 4.73 Å². The molecule has 0 fully saturated rings. The molecule has 1 heterocycles. The topological polar surface area (TPSA) is 58.2 Å². The summed E-state index contributed by atoms with van der Waals surface area (Å²) in [4.78, 5) is 0. The van der Waals surface area contributed by atoms with Crippen molar-refractivity contribution in [2.75, 3.05) is 6.61 Å². The number of aromatic nitrogens is 1. The Bertz CT molecular complexity index is 737. The van der Waals surface area contributed by atoms with Crippen LogP contribution in [-0.2, 0) is 6.42 Å². The zero-order chi connectivity index (χ0) is 15.6. The van der Waals surface area contributed by atoms with Crippen LogP contribution < -0.4 is 10.2 Å². The standard InChI is InChI=1S/C13H10BrCl2FN2O2/c14-7-5-11(13(18)19(20)6-7)21-4-3-8-9(15)1-2-10(17)12(8)16/h1-2,5-6,18,20H,3-4H2. The van der Waals surface area contributed by atoms with Crippen LogP contribution in [0.2, 0.25) is 10.0 Å². The highest BCUT2D eigenvalue weighted by molar-refractivity contribution is 9.10. The molecule has 0 aliphatic rings. The predicted molar refractivity (Wildman–Crippen MR) is 80.8 cm³/mol. The fourth-order valence-electron chi connectivity index (χ4n) is 1.70. The lowest BCUT2D eigenvalue weighted by Crippen LogP contribution is -2.20. The maximum atomic E-state index is 13.4. The van der Waals surface area contributed by atoms with Crippen LogP contribution >= 0.6 is 39.1 Å². The highest BCUT2D eigenvalue weighted by atomic mass is 79.9. The number of pyridine rings is 1. The summed E-state index contributed by atoms with van der Waals surface area (Å²) >= 11 is 15.0. The second-order valence-electron chi connectivity index (χ2n) is 4.14. The van der Waals surface area contributed by atoms with E-state index in [9.17, 15) is 9.60 Å². The predicted octanol–water partition coefficient (Wildman–Crippen LogP) is 4.03. The Labute approximate surface area is 138 Å². The summed E-state index contributed by atoms with van der Waals surface area (Å²) in [5, 5.41) is 17.4. The normalized spacial score (nSPS) is 10.7. The summed E-state index contributed by atoms with van der Waals surface area (Å²) in [7, 11) is 0. The molecule has 1 aromatic carbocycles. The maximum Gasteiger partial charge on any atom is 0.203 e. The Balaban J connectivity index is 2.13. The molecule has 21 heavy (non-hydrogen) atoms. The summed E-state index contributed by atoms with van der Waals surface area (Å²) in [6.45, 7) is 0.130. The molecule has 0 radical (unpaired) electrons. The fourth-order valence-corrected chi connectivity index (χ4v) is 2.66. The lowest BCUT2D eigenvalue weighted by Gasteiger charge is -2.10. The molecule has 2 N–H and O–H groups in total. The highest BCUT2D eigenvalue weighted by Gasteiger charge is 2.11. The van der Waals surface area contributed by atoms with Crippen molar-refractivity contribution in [1.82, 2.24) is 4.73 Å². The van der Waals surface area contributed by atoms with E-state index in [1.165, 1.54) is 18.3 Å². The number of hydrogen-bond donors (Lipinski definition) is 2. The third kappa shape index (κ3) is 3.70. The molecule has 0 spiro atoms. The summed E-state index contributed by atoms with van der Waals surface area (Å²) in [5.41, 5.74) is 0.242. The monoisotopic (exact) mass is 394 g/mol. The summed E-state index contributed by atoms with van der Waals surface area (Å²) < 4.78 is 20.0. The molecule has 0 saturated heterocycles. The Morgan fingerprint density at radius 1 is 1.38 bits per heavy atom. The first-order chi connectivity index (χ1) is 9.90. The average Bonchev–Trinajstić information content (AvgIpc) is 2.43. The molecule has 0 aliphatic carbocycles. The Kier molecular flexibility index (Phi) is 5.13. The molecule has 0 unspecified atom stereocenters. The molecular weight excluding hydrogens is 386 g/mol. The first kappa shape index (κ1) is 16.1. The van der Waals surface area contributed by atoms with Gasteiger partial charge in [-0.1, -0.05) is 23.2 Å². The van der Waals surface area contributed by atoms with E-state index < -0.39 is 5.82 Å². The summed E-state index contributed by atoms with van der Waals surface area (Å²) in [6.07, 6.45) is 1.59. The number of halogens is 4. The molecule has 1 aromatic heterocycles. The average molecular weight is 396 g/mol. The van der Waals surface area contributed by atoms with E-state index in [0.29, 0.717) is 19.8 Å². The first-order valence-electron chi connectivity index (χ1n) is 5.81. The van der Waals surface area contributed by atoms with Gasteiger partial charge in [0.05, 0.1) is 17.8 Å². The second-order valence-corrected chi connectivity index (χ2v) is 5.84. The van der Waals surface area contributed by atoms with Crippen molar-refractivity contribution in [3.63, 3.8) is 0 Å². The van der Waals surface area contributed by atoms with Crippen molar-refractivity contribution in [3.05, 3.63) is 55.8 Å². The molecule has 0 aliphatic heterocycles. The number of rotatable bonds is 4. The van der Waals surface area contributed by atoms with Gasteiger partial charge in [-0.3, -0.25) is 5.41 Å². The zero-order valence-electron chi connectivity index (χ0n) is 10.5. The van der Waals surface area contributed by atoms with Gasteiger partial charge >= 0.3 is 0 Å². The smallest absolute Gasteiger partial charge is 0.203 e. The fraction of sp³-hybridized carbons (Fsp3) is 0.154. The van der Waals surface area contributed by atoms with Crippen LogP contribution in [-0.4, -0.2) is 16.5 Å². The first-order valence-corrected chi connectivity index (χ1v) is 7.36. The van der Waals surface area contributed by atoms with E-state index in [-0.39, 0.29) is 29.3 Å². The van der Waals surface area contributed by atoms with Crippen LogP contribution in [0.4, 0.5) is 4.39 Å². The zero-order valence-corrected chi connectivity index (χ0v) is 13.6. The van der Waals surface area contributed by atoms with E-state index in [0.717, 1.165) is 0 Å². The van der Waals surface area contributed by atoms with Gasteiger partial charge in [0.2, 0.25) is 5.49 Å². The lowest BCUT2D eigenvalue weighted by molar-refractivity contribution is 0.162. The van der Waals surface area contributed by atoms with Gasteiger partial charge < -0.3 is 9.94 Å². The minimum atomic E-state index is -0.548. The number of hydrogen-bond acceptors (Lipinski definition) is 3. The van der Waals surface area contributed by atoms with E-state index in [1.54, 1.807) is 6.07 Å². The van der Waals surface area contributed by atoms with Crippen molar-refractivity contribution in [2.45, 2.75) is 6.42 Å². The number of ether oxygens (including phenoxy) is 1. The van der Waals surface area contributed by atoms with Crippen molar-refractivity contribution < 1.29 is 14.3 Å². The molecule has 112 valence electrons. The maximum absolute atomic E-state index is 13.4. The molecule has 2 rings (SSSR count). The molecule has 0 bridgehead atoms. The lowest BCUT2D eigenvalue weighted by atomic mass is 10.1. The molecule has 0 saturated carbocycles. The SMILES string of the molecule is N=c1c(OCCc2c(Cl)ccc(F)c2Cl)cc(Br)cn1O. The van der Waals surface area contributed by atoms with Crippen molar-refractivity contribution in [2.24, 2.45) is 0 Å². The van der Waals surface area contributed by atoms with Crippen molar-refractivity contribution in [1.29, 1.82) is 5.41 Å². The molecule has 2 aromatic rings. The van der Waals surface area contributed by atoms with Gasteiger partial charge in [0.25, 0.3) is 0 Å². The van der Waals surface area contributed by atoms with Gasteiger partial charge in [-0.25, -0.2) is 4.39 Å². The molecular formula is C13H10BrCl2FN2O2. The minimum Gasteiger partial charge on any atom is -0.489 e. The van der Waals surface area contributed by atoms with E-state index in [2.05, 4.69) is 15.9 Å². The van der Waals surface area contributed by atoms with Crippen LogP contribution in [0, 0.1) is 11.2 Å².